The monoisotopic (exact) mass is 275 g/mol. The smallest absolute Gasteiger partial charge is 0.255 e. The lowest BCUT2D eigenvalue weighted by molar-refractivity contribution is 0.0943. The van der Waals surface area contributed by atoms with E-state index in [1.807, 2.05) is 6.92 Å². The highest BCUT2D eigenvalue weighted by atomic mass is 16.5. The maximum Gasteiger partial charge on any atom is 0.255 e. The molecule has 0 aliphatic heterocycles. The second-order valence-corrected chi connectivity index (χ2v) is 4.20. The van der Waals surface area contributed by atoms with Crippen molar-refractivity contribution in [2.24, 2.45) is 0 Å². The molecular weight excluding hydrogens is 258 g/mol. The summed E-state index contributed by atoms with van der Waals surface area (Å²) < 4.78 is 10.7. The molecule has 0 spiro atoms. The standard InChI is InChI=1S/C14H17N3O3/c1-3-19-13-10(5-4-6-11(13)15)14(18)17-8-12-16-7-9(2)20-12/h4-7H,3,8,15H2,1-2H3,(H,17,18). The van der Waals surface area contributed by atoms with E-state index in [9.17, 15) is 4.79 Å². The van der Waals surface area contributed by atoms with Gasteiger partial charge < -0.3 is 20.2 Å². The van der Waals surface area contributed by atoms with Crippen molar-refractivity contribution in [3.8, 4) is 5.75 Å². The fourth-order valence-corrected chi connectivity index (χ4v) is 1.77. The molecule has 1 amide bonds. The van der Waals surface area contributed by atoms with Crippen LogP contribution in [0.25, 0.3) is 0 Å². The van der Waals surface area contributed by atoms with Crippen LogP contribution in [0.5, 0.6) is 5.75 Å². The van der Waals surface area contributed by atoms with Crippen molar-refractivity contribution in [1.82, 2.24) is 10.3 Å². The number of nitrogen functional groups attached to an aromatic ring is 1. The zero-order valence-corrected chi connectivity index (χ0v) is 11.5. The number of amides is 1. The number of carbonyl (C=O) groups excluding carboxylic acids is 1. The van der Waals surface area contributed by atoms with E-state index in [0.717, 1.165) is 0 Å². The van der Waals surface area contributed by atoms with Crippen LogP contribution in [0.1, 0.15) is 28.9 Å². The van der Waals surface area contributed by atoms with Gasteiger partial charge in [-0.3, -0.25) is 4.79 Å². The molecule has 0 radical (unpaired) electrons. The lowest BCUT2D eigenvalue weighted by Crippen LogP contribution is -2.24. The third-order valence-corrected chi connectivity index (χ3v) is 2.65. The Morgan fingerprint density at radius 3 is 2.95 bits per heavy atom. The summed E-state index contributed by atoms with van der Waals surface area (Å²) in [6.07, 6.45) is 1.60. The molecular formula is C14H17N3O3. The first-order valence-electron chi connectivity index (χ1n) is 6.32. The number of benzene rings is 1. The zero-order chi connectivity index (χ0) is 14.5. The van der Waals surface area contributed by atoms with Crippen molar-refractivity contribution in [2.45, 2.75) is 20.4 Å². The van der Waals surface area contributed by atoms with Gasteiger partial charge in [-0.2, -0.15) is 0 Å². The Morgan fingerprint density at radius 2 is 2.30 bits per heavy atom. The van der Waals surface area contributed by atoms with E-state index in [0.29, 0.717) is 35.3 Å². The minimum atomic E-state index is -0.281. The van der Waals surface area contributed by atoms with Crippen molar-refractivity contribution in [3.63, 3.8) is 0 Å². The first-order valence-corrected chi connectivity index (χ1v) is 6.32. The van der Waals surface area contributed by atoms with Gasteiger partial charge in [-0.15, -0.1) is 0 Å². The molecule has 0 saturated heterocycles. The molecule has 0 saturated carbocycles. The summed E-state index contributed by atoms with van der Waals surface area (Å²) in [5.74, 6) is 1.28. The highest BCUT2D eigenvalue weighted by Crippen LogP contribution is 2.26. The van der Waals surface area contributed by atoms with Gasteiger partial charge in [-0.1, -0.05) is 6.07 Å². The number of ether oxygens (including phenoxy) is 1. The van der Waals surface area contributed by atoms with Crippen LogP contribution in [0, 0.1) is 6.92 Å². The van der Waals surface area contributed by atoms with Crippen molar-refractivity contribution in [3.05, 3.63) is 41.6 Å². The van der Waals surface area contributed by atoms with Crippen LogP contribution in [0.2, 0.25) is 0 Å². The lowest BCUT2D eigenvalue weighted by Gasteiger charge is -2.12. The number of nitrogens with zero attached hydrogens (tertiary/aromatic N) is 1. The van der Waals surface area contributed by atoms with Gasteiger partial charge in [0.1, 0.15) is 5.76 Å². The number of hydrogen-bond donors (Lipinski definition) is 2. The van der Waals surface area contributed by atoms with Gasteiger partial charge in [0.15, 0.2) is 5.75 Å². The number of para-hydroxylation sites is 1. The molecule has 1 aromatic carbocycles. The molecule has 106 valence electrons. The Bertz CT molecular complexity index is 607. The highest BCUT2D eigenvalue weighted by Gasteiger charge is 2.15. The number of nitrogens with two attached hydrogens (primary N) is 1. The second-order valence-electron chi connectivity index (χ2n) is 4.20. The van der Waals surface area contributed by atoms with Crippen LogP contribution in [-0.4, -0.2) is 17.5 Å². The number of aromatic nitrogens is 1. The van der Waals surface area contributed by atoms with Crippen LogP contribution >= 0.6 is 0 Å². The summed E-state index contributed by atoms with van der Waals surface area (Å²) >= 11 is 0. The van der Waals surface area contributed by atoms with Crippen molar-refractivity contribution < 1.29 is 13.9 Å². The summed E-state index contributed by atoms with van der Waals surface area (Å²) in [6, 6.07) is 5.07. The predicted molar refractivity (Wildman–Crippen MR) is 74.4 cm³/mol. The first-order chi connectivity index (χ1) is 9.61. The molecule has 0 unspecified atom stereocenters. The van der Waals surface area contributed by atoms with Crippen molar-refractivity contribution in [1.29, 1.82) is 0 Å². The number of hydrogen-bond acceptors (Lipinski definition) is 5. The Hall–Kier alpha value is -2.50. The Kier molecular flexibility index (Phi) is 4.24. The average molecular weight is 275 g/mol. The summed E-state index contributed by atoms with van der Waals surface area (Å²) in [6.45, 7) is 4.29. The molecule has 6 nitrogen and oxygen atoms in total. The molecule has 1 aromatic heterocycles. The quantitative estimate of drug-likeness (QED) is 0.813. The fourth-order valence-electron chi connectivity index (χ4n) is 1.77. The van der Waals surface area contributed by atoms with E-state index >= 15 is 0 Å². The van der Waals surface area contributed by atoms with Gasteiger partial charge in [0.25, 0.3) is 5.91 Å². The largest absolute Gasteiger partial charge is 0.491 e. The van der Waals surface area contributed by atoms with Crippen LogP contribution in [0.15, 0.2) is 28.8 Å². The molecule has 0 fully saturated rings. The third kappa shape index (κ3) is 3.09. The van der Waals surface area contributed by atoms with E-state index in [1.54, 1.807) is 31.3 Å². The summed E-state index contributed by atoms with van der Waals surface area (Å²) in [5, 5.41) is 2.72. The second kappa shape index (κ2) is 6.10. The zero-order valence-electron chi connectivity index (χ0n) is 11.5. The summed E-state index contributed by atoms with van der Waals surface area (Å²) in [5.41, 5.74) is 6.65. The minimum Gasteiger partial charge on any atom is -0.491 e. The summed E-state index contributed by atoms with van der Waals surface area (Å²) in [7, 11) is 0. The van der Waals surface area contributed by atoms with Crippen LogP contribution in [-0.2, 0) is 6.54 Å². The van der Waals surface area contributed by atoms with Gasteiger partial charge in [0.2, 0.25) is 5.89 Å². The number of carbonyl (C=O) groups is 1. The van der Waals surface area contributed by atoms with Crippen molar-refractivity contribution in [2.75, 3.05) is 12.3 Å². The maximum absolute atomic E-state index is 12.2. The van der Waals surface area contributed by atoms with Crippen LogP contribution in [0.3, 0.4) is 0 Å². The number of anilines is 1. The van der Waals surface area contributed by atoms with Gasteiger partial charge in [-0.05, 0) is 26.0 Å². The SMILES string of the molecule is CCOc1c(N)cccc1C(=O)NCc1ncc(C)o1. The fraction of sp³-hybridized carbons (Fsp3) is 0.286. The van der Waals surface area contributed by atoms with E-state index in [1.165, 1.54) is 0 Å². The maximum atomic E-state index is 12.2. The van der Waals surface area contributed by atoms with E-state index < -0.39 is 0 Å². The molecule has 0 bridgehead atoms. The predicted octanol–water partition coefficient (Wildman–Crippen LogP) is 1.89. The number of nitrogens with one attached hydrogen (secondary N) is 1. The normalized spacial score (nSPS) is 10.3. The van der Waals surface area contributed by atoms with Crippen LogP contribution in [0.4, 0.5) is 5.69 Å². The molecule has 0 aliphatic rings. The molecule has 0 aliphatic carbocycles. The van der Waals surface area contributed by atoms with Gasteiger partial charge in [-0.25, -0.2) is 4.98 Å². The Labute approximate surface area is 116 Å². The minimum absolute atomic E-state index is 0.215. The Balaban J connectivity index is 2.10. The van der Waals surface area contributed by atoms with Gasteiger partial charge in [0, 0.05) is 0 Å². The molecule has 2 rings (SSSR count). The number of aryl methyl sites for hydroxylation is 1. The molecule has 2 aromatic rings. The lowest BCUT2D eigenvalue weighted by atomic mass is 10.1. The molecule has 20 heavy (non-hydrogen) atoms. The van der Waals surface area contributed by atoms with E-state index in [-0.39, 0.29) is 12.5 Å². The number of oxazole rings is 1. The van der Waals surface area contributed by atoms with Crippen molar-refractivity contribution >= 4 is 11.6 Å². The molecule has 3 N–H and O–H groups in total. The average Bonchev–Trinajstić information content (AvgIpc) is 2.84. The first kappa shape index (κ1) is 13.9. The Morgan fingerprint density at radius 1 is 1.50 bits per heavy atom. The van der Waals surface area contributed by atoms with Gasteiger partial charge >= 0.3 is 0 Å². The molecule has 1 heterocycles. The van der Waals surface area contributed by atoms with Crippen LogP contribution < -0.4 is 15.8 Å². The van der Waals surface area contributed by atoms with E-state index in [2.05, 4.69) is 10.3 Å². The van der Waals surface area contributed by atoms with Gasteiger partial charge in [0.05, 0.1) is 30.6 Å². The number of rotatable bonds is 5. The summed E-state index contributed by atoms with van der Waals surface area (Å²) in [4.78, 5) is 16.2. The molecule has 0 atom stereocenters. The molecule has 6 heteroatoms. The topological polar surface area (TPSA) is 90.4 Å². The highest BCUT2D eigenvalue weighted by molar-refractivity contribution is 5.98. The van der Waals surface area contributed by atoms with E-state index in [4.69, 9.17) is 14.9 Å². The third-order valence-electron chi connectivity index (χ3n) is 2.65.